The largest absolute Gasteiger partial charge is 0.493 e. The summed E-state index contributed by atoms with van der Waals surface area (Å²) in [6, 6.07) is 14.1. The third kappa shape index (κ3) is 6.02. The van der Waals surface area contributed by atoms with Gasteiger partial charge in [0, 0.05) is 29.6 Å². The molecular formula is C29H36N6O4S. The first kappa shape index (κ1) is 26.8. The molecular weight excluding hydrogens is 528 g/mol. The minimum Gasteiger partial charge on any atom is -0.493 e. The van der Waals surface area contributed by atoms with Gasteiger partial charge in [0.05, 0.1) is 17.2 Å². The molecule has 2 amide bonds. The van der Waals surface area contributed by atoms with E-state index < -0.39 is 10.0 Å². The first-order chi connectivity index (χ1) is 19.4. The smallest absolute Gasteiger partial charge is 0.327 e. The van der Waals surface area contributed by atoms with Gasteiger partial charge in [-0.25, -0.2) is 17.9 Å². The van der Waals surface area contributed by atoms with Crippen molar-refractivity contribution in [3.05, 3.63) is 71.9 Å². The Morgan fingerprint density at radius 1 is 0.925 bits per heavy atom. The molecule has 2 saturated heterocycles. The van der Waals surface area contributed by atoms with Gasteiger partial charge in [0.15, 0.2) is 0 Å². The number of sulfonamides is 1. The van der Waals surface area contributed by atoms with Crippen LogP contribution in [0.1, 0.15) is 31.2 Å². The third-order valence-corrected chi connectivity index (χ3v) is 9.42. The van der Waals surface area contributed by atoms with Gasteiger partial charge in [-0.3, -0.25) is 4.90 Å². The summed E-state index contributed by atoms with van der Waals surface area (Å²) in [5, 5.41) is 13.0. The number of carbonyl (C=O) groups is 1. The number of nitrogens with zero attached hydrogens (tertiary/aromatic N) is 1. The van der Waals surface area contributed by atoms with Crippen LogP contribution in [-0.4, -0.2) is 59.4 Å². The lowest BCUT2D eigenvalue weighted by Crippen LogP contribution is -2.51. The SMILES string of the molecule is O=C1NC2NC(c3ccc(S(=O)(=O)NC4CCNCC4)cc3)=CC2=CN1c1cccc(OCC2CCNCC2)c1. The maximum absolute atomic E-state index is 13.0. The quantitative estimate of drug-likeness (QED) is 0.334. The normalized spacial score (nSPS) is 22.1. The molecule has 0 bridgehead atoms. The van der Waals surface area contributed by atoms with Gasteiger partial charge in [-0.05, 0) is 93.7 Å². The number of fused-ring (bicyclic) bond motifs is 1. The Morgan fingerprint density at radius 3 is 2.40 bits per heavy atom. The Hall–Kier alpha value is -3.38. The van der Waals surface area contributed by atoms with Crippen molar-refractivity contribution >= 4 is 27.4 Å². The van der Waals surface area contributed by atoms with E-state index in [-0.39, 0.29) is 23.1 Å². The van der Waals surface area contributed by atoms with E-state index in [4.69, 9.17) is 4.74 Å². The molecule has 11 heteroatoms. The molecule has 0 aliphatic carbocycles. The minimum atomic E-state index is -3.59. The van der Waals surface area contributed by atoms with Gasteiger partial charge in [0.2, 0.25) is 10.0 Å². The van der Waals surface area contributed by atoms with E-state index in [2.05, 4.69) is 26.0 Å². The Bertz CT molecular complexity index is 1400. The van der Waals surface area contributed by atoms with Crippen molar-refractivity contribution in [3.8, 4) is 5.75 Å². The number of urea groups is 1. The molecule has 40 heavy (non-hydrogen) atoms. The van der Waals surface area contributed by atoms with Crippen LogP contribution in [0.15, 0.2) is 71.3 Å². The molecule has 0 saturated carbocycles. The number of anilines is 1. The molecule has 10 nitrogen and oxygen atoms in total. The second-order valence-electron chi connectivity index (χ2n) is 10.8. The average Bonchev–Trinajstić information content (AvgIpc) is 3.39. The van der Waals surface area contributed by atoms with Crippen LogP contribution < -0.4 is 35.6 Å². The van der Waals surface area contributed by atoms with Crippen LogP contribution in [0.3, 0.4) is 0 Å². The average molecular weight is 565 g/mol. The summed E-state index contributed by atoms with van der Waals surface area (Å²) in [6.07, 6.45) is 7.23. The molecule has 0 radical (unpaired) electrons. The van der Waals surface area contributed by atoms with Crippen LogP contribution in [0.25, 0.3) is 5.70 Å². The van der Waals surface area contributed by atoms with Crippen LogP contribution in [-0.2, 0) is 10.0 Å². The van der Waals surface area contributed by atoms with Crippen LogP contribution >= 0.6 is 0 Å². The predicted molar refractivity (Wildman–Crippen MR) is 154 cm³/mol. The Balaban J connectivity index is 1.14. The topological polar surface area (TPSA) is 124 Å². The number of benzene rings is 2. The Kier molecular flexibility index (Phi) is 7.79. The van der Waals surface area contributed by atoms with E-state index in [0.29, 0.717) is 12.5 Å². The van der Waals surface area contributed by atoms with Gasteiger partial charge >= 0.3 is 6.03 Å². The molecule has 2 fully saturated rings. The van der Waals surface area contributed by atoms with Crippen molar-refractivity contribution in [1.82, 2.24) is 26.0 Å². The van der Waals surface area contributed by atoms with Crippen LogP contribution in [0.2, 0.25) is 0 Å². The molecule has 0 spiro atoms. The van der Waals surface area contributed by atoms with E-state index in [9.17, 15) is 13.2 Å². The molecule has 4 aliphatic heterocycles. The number of hydrogen-bond donors (Lipinski definition) is 5. The molecule has 6 rings (SSSR count). The van der Waals surface area contributed by atoms with Crippen molar-refractivity contribution in [2.24, 2.45) is 5.92 Å². The van der Waals surface area contributed by atoms with Crippen molar-refractivity contribution in [2.75, 3.05) is 37.7 Å². The van der Waals surface area contributed by atoms with E-state index in [1.807, 2.05) is 36.5 Å². The molecule has 1 unspecified atom stereocenters. The highest BCUT2D eigenvalue weighted by Crippen LogP contribution is 2.30. The molecule has 0 aromatic heterocycles. The van der Waals surface area contributed by atoms with Gasteiger partial charge in [-0.15, -0.1) is 0 Å². The molecule has 2 aromatic carbocycles. The van der Waals surface area contributed by atoms with Crippen molar-refractivity contribution in [3.63, 3.8) is 0 Å². The van der Waals surface area contributed by atoms with Crippen LogP contribution in [0.5, 0.6) is 5.75 Å². The molecule has 2 aromatic rings. The lowest BCUT2D eigenvalue weighted by atomic mass is 9.99. The van der Waals surface area contributed by atoms with Crippen LogP contribution in [0, 0.1) is 5.92 Å². The second kappa shape index (κ2) is 11.6. The second-order valence-corrected chi connectivity index (χ2v) is 12.5. The maximum atomic E-state index is 13.0. The number of rotatable bonds is 8. The van der Waals surface area contributed by atoms with Crippen molar-refractivity contribution in [1.29, 1.82) is 0 Å². The summed E-state index contributed by atoms with van der Waals surface area (Å²) in [5.41, 5.74) is 3.28. The molecule has 1 atom stereocenters. The number of piperidine rings is 2. The summed E-state index contributed by atoms with van der Waals surface area (Å²) >= 11 is 0. The molecule has 4 heterocycles. The highest BCUT2D eigenvalue weighted by Gasteiger charge is 2.31. The standard InChI is InChI=1S/C29H36N6O4S/c36-29-33-28-22(18-35(29)24-2-1-3-25(17-24)39-19-20-8-12-30-13-9-20)16-27(32-28)21-4-6-26(7-5-21)40(37,38)34-23-10-14-31-15-11-23/h1-7,16-18,20,23,28,30-32,34H,8-15,19H2,(H,33,36). The number of carbonyl (C=O) groups excluding carboxylic acids is 1. The molecule has 212 valence electrons. The minimum absolute atomic E-state index is 0.0477. The Labute approximate surface area is 235 Å². The number of amides is 2. The lowest BCUT2D eigenvalue weighted by Gasteiger charge is -2.29. The fourth-order valence-electron chi connectivity index (χ4n) is 5.55. The third-order valence-electron chi connectivity index (χ3n) is 7.89. The lowest BCUT2D eigenvalue weighted by molar-refractivity contribution is 0.215. The zero-order chi connectivity index (χ0) is 27.5. The van der Waals surface area contributed by atoms with Gasteiger partial charge in [0.1, 0.15) is 11.9 Å². The fraction of sp³-hybridized carbons (Fsp3) is 0.414. The van der Waals surface area contributed by atoms with E-state index in [1.165, 1.54) is 0 Å². The monoisotopic (exact) mass is 564 g/mol. The summed E-state index contributed by atoms with van der Waals surface area (Å²) in [4.78, 5) is 14.8. The fourth-order valence-corrected chi connectivity index (χ4v) is 6.85. The highest BCUT2D eigenvalue weighted by atomic mass is 32.2. The summed E-state index contributed by atoms with van der Waals surface area (Å²) in [5.74, 6) is 1.29. The summed E-state index contributed by atoms with van der Waals surface area (Å²) < 4.78 is 34.6. The number of ether oxygens (including phenoxy) is 1. The van der Waals surface area contributed by atoms with Gasteiger partial charge in [0.25, 0.3) is 0 Å². The molecule has 5 N–H and O–H groups in total. The van der Waals surface area contributed by atoms with Crippen molar-refractivity contribution in [2.45, 2.75) is 42.8 Å². The first-order valence-electron chi connectivity index (χ1n) is 14.0. The number of hydrogen-bond acceptors (Lipinski definition) is 7. The van der Waals surface area contributed by atoms with E-state index in [1.54, 1.807) is 29.2 Å². The highest BCUT2D eigenvalue weighted by molar-refractivity contribution is 7.89. The molecule has 4 aliphatic rings. The Morgan fingerprint density at radius 2 is 1.65 bits per heavy atom. The zero-order valence-electron chi connectivity index (χ0n) is 22.4. The van der Waals surface area contributed by atoms with Gasteiger partial charge < -0.3 is 26.0 Å². The van der Waals surface area contributed by atoms with E-state index in [0.717, 1.165) is 80.1 Å². The van der Waals surface area contributed by atoms with E-state index >= 15 is 0 Å². The number of nitrogens with one attached hydrogen (secondary N) is 5. The summed E-state index contributed by atoms with van der Waals surface area (Å²) in [7, 11) is -3.59. The van der Waals surface area contributed by atoms with Gasteiger partial charge in [-0.1, -0.05) is 18.2 Å². The predicted octanol–water partition coefficient (Wildman–Crippen LogP) is 2.48. The maximum Gasteiger partial charge on any atom is 0.327 e. The summed E-state index contributed by atoms with van der Waals surface area (Å²) in [6.45, 7) is 4.35. The first-order valence-corrected chi connectivity index (χ1v) is 15.5. The van der Waals surface area contributed by atoms with Crippen LogP contribution in [0.4, 0.5) is 10.5 Å². The zero-order valence-corrected chi connectivity index (χ0v) is 23.2. The van der Waals surface area contributed by atoms with Crippen molar-refractivity contribution < 1.29 is 17.9 Å². The van der Waals surface area contributed by atoms with Gasteiger partial charge in [-0.2, -0.15) is 0 Å².